The number of carbonyl (C=O) groups is 2. The Kier molecular flexibility index (Phi) is 6.36. The van der Waals surface area contributed by atoms with E-state index in [0.717, 1.165) is 4.47 Å². The minimum Gasteiger partial charge on any atom is -0.383 e. The standard InChI is InChI=1S/C14H15BrN2O3/c1-9(8-20-2)17-14(19)12(7-16)13(18)10-3-5-11(15)6-4-10/h3-6,9,12H,8H2,1-2H3,(H,17,19). The molecule has 0 aliphatic carbocycles. The number of hydrogen-bond acceptors (Lipinski definition) is 4. The van der Waals surface area contributed by atoms with Crippen LogP contribution in [-0.4, -0.2) is 31.4 Å². The van der Waals surface area contributed by atoms with Crippen molar-refractivity contribution in [3.63, 3.8) is 0 Å². The van der Waals surface area contributed by atoms with Crippen LogP contribution in [0, 0.1) is 17.2 Å². The second-order valence-corrected chi connectivity index (χ2v) is 5.21. The summed E-state index contributed by atoms with van der Waals surface area (Å²) in [5, 5.41) is 11.6. The predicted molar refractivity (Wildman–Crippen MR) is 77.1 cm³/mol. The van der Waals surface area contributed by atoms with Gasteiger partial charge >= 0.3 is 0 Å². The van der Waals surface area contributed by atoms with E-state index in [0.29, 0.717) is 12.2 Å². The van der Waals surface area contributed by atoms with E-state index in [4.69, 9.17) is 10.00 Å². The van der Waals surface area contributed by atoms with E-state index in [1.165, 1.54) is 7.11 Å². The highest BCUT2D eigenvalue weighted by Crippen LogP contribution is 2.14. The number of nitrogens with zero attached hydrogens (tertiary/aromatic N) is 1. The molecule has 0 aromatic heterocycles. The van der Waals surface area contributed by atoms with E-state index in [2.05, 4.69) is 21.2 Å². The van der Waals surface area contributed by atoms with Crippen molar-refractivity contribution in [3.05, 3.63) is 34.3 Å². The molecule has 1 aromatic carbocycles. The topological polar surface area (TPSA) is 79.2 Å². The number of nitrogens with one attached hydrogen (secondary N) is 1. The van der Waals surface area contributed by atoms with Gasteiger partial charge in [-0.2, -0.15) is 5.26 Å². The summed E-state index contributed by atoms with van der Waals surface area (Å²) in [6.07, 6.45) is 0. The van der Waals surface area contributed by atoms with Crippen LogP contribution < -0.4 is 5.32 Å². The summed E-state index contributed by atoms with van der Waals surface area (Å²) in [6.45, 7) is 2.05. The molecule has 0 radical (unpaired) electrons. The highest BCUT2D eigenvalue weighted by molar-refractivity contribution is 9.10. The van der Waals surface area contributed by atoms with Gasteiger partial charge < -0.3 is 10.1 Å². The zero-order chi connectivity index (χ0) is 15.1. The monoisotopic (exact) mass is 338 g/mol. The van der Waals surface area contributed by atoms with Crippen molar-refractivity contribution in [1.29, 1.82) is 5.26 Å². The van der Waals surface area contributed by atoms with Gasteiger partial charge in [0.25, 0.3) is 0 Å². The summed E-state index contributed by atoms with van der Waals surface area (Å²) in [5.74, 6) is -2.47. The Bertz CT molecular complexity index is 522. The third kappa shape index (κ3) is 4.44. The van der Waals surface area contributed by atoms with Crippen molar-refractivity contribution in [2.45, 2.75) is 13.0 Å². The van der Waals surface area contributed by atoms with Gasteiger partial charge in [-0.15, -0.1) is 0 Å². The van der Waals surface area contributed by atoms with Gasteiger partial charge in [0.05, 0.1) is 12.7 Å². The molecule has 0 aliphatic heterocycles. The molecule has 20 heavy (non-hydrogen) atoms. The molecule has 0 fully saturated rings. The molecular formula is C14H15BrN2O3. The largest absolute Gasteiger partial charge is 0.383 e. The summed E-state index contributed by atoms with van der Waals surface area (Å²) < 4.78 is 5.71. The van der Waals surface area contributed by atoms with Crippen LogP contribution in [0.1, 0.15) is 17.3 Å². The predicted octanol–water partition coefficient (Wildman–Crippen LogP) is 1.92. The fraction of sp³-hybridized carbons (Fsp3) is 0.357. The van der Waals surface area contributed by atoms with Crippen LogP contribution in [0.3, 0.4) is 0 Å². The van der Waals surface area contributed by atoms with Crippen molar-refractivity contribution in [2.24, 2.45) is 5.92 Å². The first-order valence-corrected chi connectivity index (χ1v) is 6.77. The van der Waals surface area contributed by atoms with Gasteiger partial charge in [-0.3, -0.25) is 9.59 Å². The van der Waals surface area contributed by atoms with Crippen LogP contribution in [0.2, 0.25) is 0 Å². The first-order valence-electron chi connectivity index (χ1n) is 5.98. The molecule has 0 aliphatic rings. The highest BCUT2D eigenvalue weighted by atomic mass is 79.9. The Balaban J connectivity index is 2.80. The first-order chi connectivity index (χ1) is 9.49. The van der Waals surface area contributed by atoms with Crippen LogP contribution in [-0.2, 0) is 9.53 Å². The number of ether oxygens (including phenoxy) is 1. The average molecular weight is 339 g/mol. The van der Waals surface area contributed by atoms with Gasteiger partial charge in [-0.1, -0.05) is 28.1 Å². The molecule has 106 valence electrons. The number of nitriles is 1. The zero-order valence-electron chi connectivity index (χ0n) is 11.2. The number of methoxy groups -OCH3 is 1. The molecule has 1 amide bonds. The fourth-order valence-corrected chi connectivity index (χ4v) is 1.90. The molecule has 0 spiro atoms. The SMILES string of the molecule is COCC(C)NC(=O)C(C#N)C(=O)c1ccc(Br)cc1. The van der Waals surface area contributed by atoms with Crippen LogP contribution in [0.15, 0.2) is 28.7 Å². The highest BCUT2D eigenvalue weighted by Gasteiger charge is 2.28. The van der Waals surface area contributed by atoms with Gasteiger partial charge in [-0.25, -0.2) is 0 Å². The molecule has 0 bridgehead atoms. The van der Waals surface area contributed by atoms with Gasteiger partial charge in [0.15, 0.2) is 11.7 Å². The van der Waals surface area contributed by atoms with Crippen molar-refractivity contribution < 1.29 is 14.3 Å². The van der Waals surface area contributed by atoms with Crippen LogP contribution in [0.4, 0.5) is 0 Å². The minimum absolute atomic E-state index is 0.263. The molecule has 0 heterocycles. The second kappa shape index (κ2) is 7.78. The number of ketones is 1. The lowest BCUT2D eigenvalue weighted by atomic mass is 9.98. The molecule has 2 atom stereocenters. The maximum Gasteiger partial charge on any atom is 0.245 e. The molecule has 5 nitrogen and oxygen atoms in total. The summed E-state index contributed by atoms with van der Waals surface area (Å²) >= 11 is 3.26. The van der Waals surface area contributed by atoms with E-state index < -0.39 is 17.6 Å². The number of hydrogen-bond donors (Lipinski definition) is 1. The fourth-order valence-electron chi connectivity index (χ4n) is 1.63. The van der Waals surface area contributed by atoms with E-state index in [1.54, 1.807) is 37.3 Å². The lowest BCUT2D eigenvalue weighted by molar-refractivity contribution is -0.123. The molecule has 1 aromatic rings. The molecule has 6 heteroatoms. The Morgan fingerprint density at radius 2 is 2.00 bits per heavy atom. The summed E-state index contributed by atoms with van der Waals surface area (Å²) in [5.41, 5.74) is 0.328. The van der Waals surface area contributed by atoms with Gasteiger partial charge in [-0.05, 0) is 19.1 Å². The van der Waals surface area contributed by atoms with Crippen molar-refractivity contribution >= 4 is 27.6 Å². The first kappa shape index (κ1) is 16.3. The van der Waals surface area contributed by atoms with Gasteiger partial charge in [0.1, 0.15) is 0 Å². The average Bonchev–Trinajstić information content (AvgIpc) is 2.40. The van der Waals surface area contributed by atoms with Crippen molar-refractivity contribution in [2.75, 3.05) is 13.7 Å². The van der Waals surface area contributed by atoms with E-state index in [-0.39, 0.29) is 6.04 Å². The Hall–Kier alpha value is -1.71. The van der Waals surface area contributed by atoms with Crippen molar-refractivity contribution in [3.8, 4) is 6.07 Å². The van der Waals surface area contributed by atoms with Crippen LogP contribution in [0.5, 0.6) is 0 Å². The number of benzene rings is 1. The molecule has 0 saturated heterocycles. The van der Waals surface area contributed by atoms with Gasteiger partial charge in [0.2, 0.25) is 5.91 Å². The van der Waals surface area contributed by atoms with E-state index in [9.17, 15) is 9.59 Å². The van der Waals surface area contributed by atoms with E-state index >= 15 is 0 Å². The third-order valence-electron chi connectivity index (χ3n) is 2.59. The third-order valence-corrected chi connectivity index (χ3v) is 3.12. The normalized spacial score (nSPS) is 13.1. The molecule has 2 unspecified atom stereocenters. The number of Topliss-reactive ketones (excluding diaryl/α,β-unsaturated/α-hetero) is 1. The summed E-state index contributed by atoms with van der Waals surface area (Å²) in [6, 6.07) is 8.00. The summed E-state index contributed by atoms with van der Waals surface area (Å²) in [7, 11) is 1.51. The number of amides is 1. The van der Waals surface area contributed by atoms with Gasteiger partial charge in [0, 0.05) is 23.2 Å². The molecule has 1 rings (SSSR count). The van der Waals surface area contributed by atoms with Crippen LogP contribution >= 0.6 is 15.9 Å². The van der Waals surface area contributed by atoms with Crippen LogP contribution in [0.25, 0.3) is 0 Å². The Morgan fingerprint density at radius 3 is 2.50 bits per heavy atom. The molecule has 1 N–H and O–H groups in total. The number of halogens is 1. The number of carbonyl (C=O) groups excluding carboxylic acids is 2. The Labute approximate surface area is 126 Å². The molecular weight excluding hydrogens is 324 g/mol. The molecule has 0 saturated carbocycles. The van der Waals surface area contributed by atoms with Crippen molar-refractivity contribution in [1.82, 2.24) is 5.32 Å². The van der Waals surface area contributed by atoms with E-state index in [1.807, 2.05) is 0 Å². The zero-order valence-corrected chi connectivity index (χ0v) is 12.8. The second-order valence-electron chi connectivity index (χ2n) is 4.30. The summed E-state index contributed by atoms with van der Waals surface area (Å²) in [4.78, 5) is 24.1. The lowest BCUT2D eigenvalue weighted by Gasteiger charge is -2.15. The number of rotatable bonds is 6. The quantitative estimate of drug-likeness (QED) is 0.634. The maximum absolute atomic E-state index is 12.1. The minimum atomic E-state index is -1.35. The smallest absolute Gasteiger partial charge is 0.245 e. The maximum atomic E-state index is 12.1. The Morgan fingerprint density at radius 1 is 1.40 bits per heavy atom. The lowest BCUT2D eigenvalue weighted by Crippen LogP contribution is -2.41.